The second-order valence-corrected chi connectivity index (χ2v) is 5.47. The molecule has 0 spiro atoms. The van der Waals surface area contributed by atoms with E-state index in [0.29, 0.717) is 5.92 Å². The van der Waals surface area contributed by atoms with Crippen LogP contribution in [0.3, 0.4) is 0 Å². The molecule has 1 atom stereocenters. The summed E-state index contributed by atoms with van der Waals surface area (Å²) in [5.41, 5.74) is 1.75. The van der Waals surface area contributed by atoms with Gasteiger partial charge in [-0.05, 0) is 25.2 Å². The van der Waals surface area contributed by atoms with E-state index in [-0.39, 0.29) is 5.91 Å². The number of hydrogen-bond donors (Lipinski definition) is 1. The van der Waals surface area contributed by atoms with Crippen molar-refractivity contribution in [2.75, 3.05) is 13.1 Å². The van der Waals surface area contributed by atoms with Crippen molar-refractivity contribution in [3.05, 3.63) is 30.5 Å². The van der Waals surface area contributed by atoms with Crippen LogP contribution in [0.2, 0.25) is 0 Å². The van der Waals surface area contributed by atoms with E-state index in [1.54, 1.807) is 31.7 Å². The molecule has 0 bridgehead atoms. The van der Waals surface area contributed by atoms with Gasteiger partial charge < -0.3 is 9.88 Å². The minimum Gasteiger partial charge on any atom is -0.343 e. The van der Waals surface area contributed by atoms with Crippen molar-refractivity contribution < 1.29 is 4.79 Å². The van der Waals surface area contributed by atoms with Crippen molar-refractivity contribution >= 4 is 5.91 Å². The number of nitrogens with one attached hydrogen (secondary N) is 1. The van der Waals surface area contributed by atoms with Gasteiger partial charge in [-0.25, -0.2) is 9.97 Å². The second kappa shape index (κ2) is 6.03. The molecule has 1 unspecified atom stereocenters. The van der Waals surface area contributed by atoms with Crippen LogP contribution in [-0.2, 0) is 11.2 Å². The lowest BCUT2D eigenvalue weighted by atomic mass is 9.92. The van der Waals surface area contributed by atoms with Crippen molar-refractivity contribution in [2.45, 2.75) is 26.2 Å². The highest BCUT2D eigenvalue weighted by Crippen LogP contribution is 2.24. The molecule has 2 aromatic heterocycles. The fourth-order valence-corrected chi connectivity index (χ4v) is 2.90. The Morgan fingerprint density at radius 1 is 1.33 bits per heavy atom. The number of aromatic nitrogens is 4. The van der Waals surface area contributed by atoms with Crippen molar-refractivity contribution in [3.8, 4) is 11.5 Å². The Morgan fingerprint density at radius 2 is 2.19 bits per heavy atom. The van der Waals surface area contributed by atoms with Crippen LogP contribution in [0.1, 0.15) is 25.5 Å². The molecule has 3 rings (SSSR count). The fourth-order valence-electron chi connectivity index (χ4n) is 2.90. The third kappa shape index (κ3) is 3.09. The lowest BCUT2D eigenvalue weighted by Gasteiger charge is -2.32. The first-order valence-electron chi connectivity index (χ1n) is 7.29. The van der Waals surface area contributed by atoms with Crippen molar-refractivity contribution in [3.63, 3.8) is 0 Å². The fraction of sp³-hybridized carbons (Fsp3) is 0.467. The molecule has 1 amide bonds. The van der Waals surface area contributed by atoms with Crippen molar-refractivity contribution in [1.29, 1.82) is 0 Å². The molecule has 0 aromatic carbocycles. The van der Waals surface area contributed by atoms with E-state index < -0.39 is 0 Å². The summed E-state index contributed by atoms with van der Waals surface area (Å²) in [6.45, 7) is 3.32. The molecule has 110 valence electrons. The van der Waals surface area contributed by atoms with Crippen LogP contribution in [0.4, 0.5) is 0 Å². The molecule has 2 aromatic rings. The standard InChI is InChI=1S/C15H19N5O/c1-11(21)20-8-2-3-12(10-20)9-13-14(17-5-4-16-13)15-18-6-7-19-15/h4-7,12H,2-3,8-10H2,1H3,(H,18,19). The Kier molecular flexibility index (Phi) is 3.94. The van der Waals surface area contributed by atoms with Crippen LogP contribution in [-0.4, -0.2) is 43.8 Å². The summed E-state index contributed by atoms with van der Waals surface area (Å²) >= 11 is 0. The van der Waals surface area contributed by atoms with Gasteiger partial charge in [0, 0.05) is 44.8 Å². The molecule has 6 heteroatoms. The number of hydrogen-bond acceptors (Lipinski definition) is 4. The third-order valence-corrected chi connectivity index (χ3v) is 3.94. The molecule has 1 aliphatic rings. The topological polar surface area (TPSA) is 74.8 Å². The van der Waals surface area contributed by atoms with Crippen LogP contribution in [0.5, 0.6) is 0 Å². The van der Waals surface area contributed by atoms with Crippen LogP contribution < -0.4 is 0 Å². The Labute approximate surface area is 123 Å². The number of nitrogens with zero attached hydrogens (tertiary/aromatic N) is 4. The number of carbonyl (C=O) groups is 1. The normalized spacial score (nSPS) is 18.7. The monoisotopic (exact) mass is 285 g/mol. The maximum Gasteiger partial charge on any atom is 0.219 e. The third-order valence-electron chi connectivity index (χ3n) is 3.94. The largest absolute Gasteiger partial charge is 0.343 e. The van der Waals surface area contributed by atoms with Gasteiger partial charge in [-0.3, -0.25) is 9.78 Å². The Hall–Kier alpha value is -2.24. The van der Waals surface area contributed by atoms with E-state index in [1.807, 2.05) is 4.90 Å². The molecule has 1 saturated heterocycles. The number of H-pyrrole nitrogens is 1. The predicted molar refractivity (Wildman–Crippen MR) is 78.3 cm³/mol. The highest BCUT2D eigenvalue weighted by Gasteiger charge is 2.23. The van der Waals surface area contributed by atoms with Gasteiger partial charge in [0.25, 0.3) is 0 Å². The summed E-state index contributed by atoms with van der Waals surface area (Å²) in [6, 6.07) is 0. The lowest BCUT2D eigenvalue weighted by molar-refractivity contribution is -0.130. The van der Waals surface area contributed by atoms with E-state index in [2.05, 4.69) is 19.9 Å². The minimum absolute atomic E-state index is 0.158. The van der Waals surface area contributed by atoms with E-state index in [4.69, 9.17) is 0 Å². The van der Waals surface area contributed by atoms with Gasteiger partial charge in [0.2, 0.25) is 5.91 Å². The number of amides is 1. The molecular weight excluding hydrogens is 266 g/mol. The van der Waals surface area contributed by atoms with Crippen LogP contribution >= 0.6 is 0 Å². The number of imidazole rings is 1. The molecule has 1 fully saturated rings. The SMILES string of the molecule is CC(=O)N1CCCC(Cc2nccnc2-c2ncc[nH]2)C1. The maximum atomic E-state index is 11.5. The Balaban J connectivity index is 1.77. The van der Waals surface area contributed by atoms with Gasteiger partial charge in [0.1, 0.15) is 5.69 Å². The van der Waals surface area contributed by atoms with E-state index >= 15 is 0 Å². The average Bonchev–Trinajstić information content (AvgIpc) is 3.02. The maximum absolute atomic E-state index is 11.5. The molecule has 3 heterocycles. The van der Waals surface area contributed by atoms with Gasteiger partial charge >= 0.3 is 0 Å². The highest BCUT2D eigenvalue weighted by molar-refractivity contribution is 5.73. The zero-order chi connectivity index (χ0) is 14.7. The van der Waals surface area contributed by atoms with Crippen molar-refractivity contribution in [1.82, 2.24) is 24.8 Å². The molecule has 6 nitrogen and oxygen atoms in total. The lowest BCUT2D eigenvalue weighted by Crippen LogP contribution is -2.39. The van der Waals surface area contributed by atoms with Crippen LogP contribution in [0.25, 0.3) is 11.5 Å². The summed E-state index contributed by atoms with van der Waals surface area (Å²) in [5.74, 6) is 1.34. The Morgan fingerprint density at radius 3 is 2.95 bits per heavy atom. The average molecular weight is 285 g/mol. The summed E-state index contributed by atoms with van der Waals surface area (Å²) in [7, 11) is 0. The van der Waals surface area contributed by atoms with Gasteiger partial charge in [0.15, 0.2) is 5.82 Å². The number of aromatic amines is 1. The first kappa shape index (κ1) is 13.7. The highest BCUT2D eigenvalue weighted by atomic mass is 16.2. The van der Waals surface area contributed by atoms with E-state index in [9.17, 15) is 4.79 Å². The molecule has 0 aliphatic carbocycles. The van der Waals surface area contributed by atoms with E-state index in [0.717, 1.165) is 49.6 Å². The van der Waals surface area contributed by atoms with Crippen LogP contribution in [0.15, 0.2) is 24.8 Å². The molecule has 0 saturated carbocycles. The predicted octanol–water partition coefficient (Wildman–Crippen LogP) is 1.67. The summed E-state index contributed by atoms with van der Waals surface area (Å²) < 4.78 is 0. The first-order chi connectivity index (χ1) is 10.2. The minimum atomic E-state index is 0.158. The number of piperidine rings is 1. The summed E-state index contributed by atoms with van der Waals surface area (Å²) in [4.78, 5) is 29.7. The Bertz CT molecular complexity index is 610. The zero-order valence-electron chi connectivity index (χ0n) is 12.1. The molecule has 21 heavy (non-hydrogen) atoms. The van der Waals surface area contributed by atoms with Gasteiger partial charge in [-0.1, -0.05) is 0 Å². The number of rotatable bonds is 3. The summed E-state index contributed by atoms with van der Waals surface area (Å²) in [5, 5.41) is 0. The number of carbonyl (C=O) groups excluding carboxylic acids is 1. The first-order valence-corrected chi connectivity index (χ1v) is 7.29. The smallest absolute Gasteiger partial charge is 0.219 e. The van der Waals surface area contributed by atoms with E-state index in [1.165, 1.54) is 0 Å². The van der Waals surface area contributed by atoms with Gasteiger partial charge in [-0.2, -0.15) is 0 Å². The molecule has 1 aliphatic heterocycles. The number of likely N-dealkylation sites (tertiary alicyclic amines) is 1. The van der Waals surface area contributed by atoms with Crippen molar-refractivity contribution in [2.24, 2.45) is 5.92 Å². The quantitative estimate of drug-likeness (QED) is 0.930. The summed E-state index contributed by atoms with van der Waals surface area (Å²) in [6.07, 6.45) is 9.90. The van der Waals surface area contributed by atoms with Gasteiger partial charge in [0.05, 0.1) is 5.69 Å². The second-order valence-electron chi connectivity index (χ2n) is 5.47. The molecular formula is C15H19N5O. The molecule has 1 N–H and O–H groups in total. The zero-order valence-corrected chi connectivity index (χ0v) is 12.1. The van der Waals surface area contributed by atoms with Crippen LogP contribution in [0, 0.1) is 5.92 Å². The van der Waals surface area contributed by atoms with Gasteiger partial charge in [-0.15, -0.1) is 0 Å². The molecule has 0 radical (unpaired) electrons.